The smallest absolute Gasteiger partial charge is 0.191 e. The molecule has 0 heterocycles. The molecule has 0 atom stereocenters. The molecule has 1 rings (SSSR count). The van der Waals surface area contributed by atoms with E-state index in [9.17, 15) is 0 Å². The van der Waals surface area contributed by atoms with Crippen LogP contribution in [0.3, 0.4) is 0 Å². The molecule has 1 aromatic rings. The second-order valence-electron chi connectivity index (χ2n) is 4.65. The van der Waals surface area contributed by atoms with Crippen LogP contribution in [0.5, 0.6) is 11.5 Å². The van der Waals surface area contributed by atoms with Gasteiger partial charge in [0.25, 0.3) is 0 Å². The van der Waals surface area contributed by atoms with Gasteiger partial charge in [-0.1, -0.05) is 0 Å². The maximum atomic E-state index is 5.40. The summed E-state index contributed by atoms with van der Waals surface area (Å²) in [7, 11) is 3.31. The number of aliphatic imine (C=N–C) groups is 1. The van der Waals surface area contributed by atoms with Crippen LogP contribution in [0.4, 0.5) is 0 Å². The molecule has 0 radical (unpaired) electrons. The maximum Gasteiger partial charge on any atom is 0.191 e. The van der Waals surface area contributed by atoms with Crippen LogP contribution in [0.25, 0.3) is 0 Å². The number of thioether (sulfide) groups is 1. The highest BCUT2D eigenvalue weighted by atomic mass is 32.2. The Kier molecular flexibility index (Phi) is 9.30. The summed E-state index contributed by atoms with van der Waals surface area (Å²) in [5.41, 5.74) is 1.03. The number of ether oxygens (including phenoxy) is 2. The minimum Gasteiger partial charge on any atom is -0.497 e. The Morgan fingerprint density at radius 3 is 2.68 bits per heavy atom. The van der Waals surface area contributed by atoms with Crippen LogP contribution in [0.2, 0.25) is 0 Å². The second-order valence-corrected chi connectivity index (χ2v) is 5.63. The highest BCUT2D eigenvalue weighted by Gasteiger charge is 2.05. The van der Waals surface area contributed by atoms with Crippen molar-refractivity contribution in [1.29, 1.82) is 0 Å². The summed E-state index contributed by atoms with van der Waals surface area (Å²) in [6, 6.07) is 5.79. The zero-order valence-corrected chi connectivity index (χ0v) is 14.8. The number of guanidine groups is 1. The summed E-state index contributed by atoms with van der Waals surface area (Å²) in [6.07, 6.45) is 3.24. The van der Waals surface area contributed by atoms with Gasteiger partial charge in [-0.15, -0.1) is 0 Å². The number of hydrogen-bond acceptors (Lipinski definition) is 4. The lowest BCUT2D eigenvalue weighted by Crippen LogP contribution is -2.37. The first-order chi connectivity index (χ1) is 10.7. The van der Waals surface area contributed by atoms with E-state index in [4.69, 9.17) is 9.47 Å². The molecule has 6 heteroatoms. The molecule has 124 valence electrons. The molecular formula is C16H27N3O2S. The summed E-state index contributed by atoms with van der Waals surface area (Å²) in [5.74, 6) is 3.56. The van der Waals surface area contributed by atoms with Crippen molar-refractivity contribution in [2.45, 2.75) is 19.9 Å². The fourth-order valence-corrected chi connectivity index (χ4v) is 2.34. The van der Waals surface area contributed by atoms with Gasteiger partial charge in [0.05, 0.1) is 20.8 Å². The van der Waals surface area contributed by atoms with E-state index in [0.29, 0.717) is 6.54 Å². The van der Waals surface area contributed by atoms with Gasteiger partial charge in [-0.25, -0.2) is 4.99 Å². The topological polar surface area (TPSA) is 54.9 Å². The summed E-state index contributed by atoms with van der Waals surface area (Å²) >= 11 is 1.86. The third-order valence-electron chi connectivity index (χ3n) is 3.06. The summed E-state index contributed by atoms with van der Waals surface area (Å²) < 4.78 is 10.6. The first kappa shape index (κ1) is 18.5. The molecule has 0 aliphatic heterocycles. The average molecular weight is 325 g/mol. The molecule has 0 amide bonds. The fraction of sp³-hybridized carbons (Fsp3) is 0.562. The zero-order valence-electron chi connectivity index (χ0n) is 13.9. The molecule has 0 fully saturated rings. The maximum absolute atomic E-state index is 5.40. The Bertz CT molecular complexity index is 467. The predicted molar refractivity (Wildman–Crippen MR) is 95.4 cm³/mol. The van der Waals surface area contributed by atoms with Gasteiger partial charge in [-0.05, 0) is 37.5 Å². The highest BCUT2D eigenvalue weighted by molar-refractivity contribution is 7.98. The normalized spacial score (nSPS) is 11.2. The van der Waals surface area contributed by atoms with Crippen molar-refractivity contribution in [2.24, 2.45) is 4.99 Å². The summed E-state index contributed by atoms with van der Waals surface area (Å²) in [6.45, 7) is 4.39. The van der Waals surface area contributed by atoms with Crippen molar-refractivity contribution < 1.29 is 9.47 Å². The van der Waals surface area contributed by atoms with Gasteiger partial charge in [0, 0.05) is 24.7 Å². The van der Waals surface area contributed by atoms with Gasteiger partial charge in [0.15, 0.2) is 5.96 Å². The molecular weight excluding hydrogens is 298 g/mol. The van der Waals surface area contributed by atoms with Crippen LogP contribution in [-0.4, -0.2) is 45.3 Å². The van der Waals surface area contributed by atoms with Crippen LogP contribution >= 0.6 is 11.8 Å². The molecule has 0 saturated carbocycles. The Balaban J connectivity index is 2.68. The molecule has 22 heavy (non-hydrogen) atoms. The first-order valence-electron chi connectivity index (χ1n) is 7.47. The number of benzene rings is 1. The van der Waals surface area contributed by atoms with Crippen molar-refractivity contribution in [3.05, 3.63) is 23.8 Å². The Hall–Kier alpha value is -1.56. The third kappa shape index (κ3) is 6.47. The van der Waals surface area contributed by atoms with Crippen molar-refractivity contribution in [3.8, 4) is 11.5 Å². The Morgan fingerprint density at radius 1 is 1.23 bits per heavy atom. The Labute approximate surface area is 137 Å². The van der Waals surface area contributed by atoms with Crippen LogP contribution in [0.15, 0.2) is 23.2 Å². The second kappa shape index (κ2) is 11.1. The molecule has 5 nitrogen and oxygen atoms in total. The van der Waals surface area contributed by atoms with E-state index in [2.05, 4.69) is 28.8 Å². The van der Waals surface area contributed by atoms with E-state index in [1.807, 2.05) is 30.0 Å². The molecule has 0 aliphatic carbocycles. The molecule has 1 aromatic carbocycles. The standard InChI is InChI=1S/C16H27N3O2S/c1-5-17-16(18-9-6-10-22-4)19-12-13-7-8-14(20-2)11-15(13)21-3/h7-8,11H,5-6,9-10,12H2,1-4H3,(H2,17,18,19). The van der Waals surface area contributed by atoms with E-state index in [-0.39, 0.29) is 0 Å². The molecule has 0 saturated heterocycles. The largest absolute Gasteiger partial charge is 0.497 e. The zero-order chi connectivity index (χ0) is 16.2. The van der Waals surface area contributed by atoms with Gasteiger partial charge in [-0.3, -0.25) is 0 Å². The number of hydrogen-bond donors (Lipinski definition) is 2. The van der Waals surface area contributed by atoms with E-state index in [0.717, 1.165) is 48.3 Å². The minimum atomic E-state index is 0.561. The number of nitrogens with zero attached hydrogens (tertiary/aromatic N) is 1. The molecule has 0 bridgehead atoms. The molecule has 2 N–H and O–H groups in total. The van der Waals surface area contributed by atoms with Crippen molar-refractivity contribution >= 4 is 17.7 Å². The summed E-state index contributed by atoms with van der Waals surface area (Å²) in [4.78, 5) is 4.61. The van der Waals surface area contributed by atoms with Gasteiger partial charge < -0.3 is 20.1 Å². The Morgan fingerprint density at radius 2 is 2.05 bits per heavy atom. The fourth-order valence-electron chi connectivity index (χ4n) is 1.91. The molecule has 0 aromatic heterocycles. The van der Waals surface area contributed by atoms with Crippen molar-refractivity contribution in [2.75, 3.05) is 39.3 Å². The van der Waals surface area contributed by atoms with Gasteiger partial charge in [0.2, 0.25) is 0 Å². The monoisotopic (exact) mass is 325 g/mol. The van der Waals surface area contributed by atoms with Gasteiger partial charge in [-0.2, -0.15) is 11.8 Å². The average Bonchev–Trinajstić information content (AvgIpc) is 2.56. The lowest BCUT2D eigenvalue weighted by Gasteiger charge is -2.12. The van der Waals surface area contributed by atoms with Crippen LogP contribution in [0.1, 0.15) is 18.9 Å². The van der Waals surface area contributed by atoms with Crippen LogP contribution in [0, 0.1) is 0 Å². The van der Waals surface area contributed by atoms with E-state index in [1.165, 1.54) is 0 Å². The van der Waals surface area contributed by atoms with Crippen LogP contribution in [-0.2, 0) is 6.54 Å². The van der Waals surface area contributed by atoms with Gasteiger partial charge in [0.1, 0.15) is 11.5 Å². The molecule has 0 aliphatic rings. The highest BCUT2D eigenvalue weighted by Crippen LogP contribution is 2.25. The number of nitrogens with one attached hydrogen (secondary N) is 2. The molecule has 0 spiro atoms. The van der Waals surface area contributed by atoms with Gasteiger partial charge >= 0.3 is 0 Å². The van der Waals surface area contributed by atoms with E-state index in [1.54, 1.807) is 14.2 Å². The van der Waals surface area contributed by atoms with Crippen molar-refractivity contribution in [3.63, 3.8) is 0 Å². The first-order valence-corrected chi connectivity index (χ1v) is 8.86. The number of methoxy groups -OCH3 is 2. The third-order valence-corrected chi connectivity index (χ3v) is 3.76. The molecule has 0 unspecified atom stereocenters. The lowest BCUT2D eigenvalue weighted by atomic mass is 10.2. The minimum absolute atomic E-state index is 0.561. The summed E-state index contributed by atoms with van der Waals surface area (Å²) in [5, 5.41) is 6.60. The number of rotatable bonds is 9. The van der Waals surface area contributed by atoms with Crippen LogP contribution < -0.4 is 20.1 Å². The van der Waals surface area contributed by atoms with E-state index < -0.39 is 0 Å². The lowest BCUT2D eigenvalue weighted by molar-refractivity contribution is 0.391. The van der Waals surface area contributed by atoms with Crippen molar-refractivity contribution in [1.82, 2.24) is 10.6 Å². The quantitative estimate of drug-likeness (QED) is 0.415. The van der Waals surface area contributed by atoms with E-state index >= 15 is 0 Å². The predicted octanol–water partition coefficient (Wildman–Crippen LogP) is 2.51. The SMILES string of the molecule is CCNC(=NCc1ccc(OC)cc1OC)NCCCSC.